The number of H-pyrrole nitrogens is 1. The Morgan fingerprint density at radius 3 is 2.67 bits per heavy atom. The van der Waals surface area contributed by atoms with E-state index in [1.807, 2.05) is 19.1 Å². The average molecular weight is 282 g/mol. The van der Waals surface area contributed by atoms with Crippen LogP contribution in [0, 0.1) is 6.92 Å². The zero-order valence-corrected chi connectivity index (χ0v) is 11.7. The van der Waals surface area contributed by atoms with Gasteiger partial charge in [0.25, 0.3) is 5.91 Å². The second-order valence-corrected chi connectivity index (χ2v) is 4.60. The van der Waals surface area contributed by atoms with Gasteiger partial charge in [-0.15, -0.1) is 0 Å². The Morgan fingerprint density at radius 1 is 1.19 bits per heavy atom. The number of nitrogens with one attached hydrogen (secondary N) is 2. The van der Waals surface area contributed by atoms with Gasteiger partial charge in [-0.1, -0.05) is 0 Å². The number of pyridine rings is 1. The molecule has 0 unspecified atom stereocenters. The van der Waals surface area contributed by atoms with Crippen LogP contribution in [0.5, 0.6) is 5.75 Å². The Morgan fingerprint density at radius 2 is 1.95 bits per heavy atom. The number of amides is 1. The molecule has 0 atom stereocenters. The van der Waals surface area contributed by atoms with Crippen molar-refractivity contribution in [3.63, 3.8) is 0 Å². The molecule has 0 saturated carbocycles. The predicted molar refractivity (Wildman–Crippen MR) is 79.6 cm³/mol. The Bertz CT molecular complexity index is 793. The average Bonchev–Trinajstić information content (AvgIpc) is 2.89. The second-order valence-electron chi connectivity index (χ2n) is 4.60. The zero-order chi connectivity index (χ0) is 14.8. The first-order valence-corrected chi connectivity index (χ1v) is 6.44. The molecular formula is C15H14N4O2. The standard InChI is InChI=1S/C15H14N4O2/c1-9-3-8-12-13(16-9)18-19-14(12)17-15(20)10-4-6-11(21-2)7-5-10/h3-8H,1-2H3,(H2,16,17,18,19,20). The first-order chi connectivity index (χ1) is 10.2. The quantitative estimate of drug-likeness (QED) is 0.773. The highest BCUT2D eigenvalue weighted by Gasteiger charge is 2.11. The van der Waals surface area contributed by atoms with Crippen LogP contribution in [0.4, 0.5) is 5.82 Å². The van der Waals surface area contributed by atoms with Gasteiger partial charge in [-0.05, 0) is 43.3 Å². The van der Waals surface area contributed by atoms with Crippen LogP contribution < -0.4 is 10.1 Å². The van der Waals surface area contributed by atoms with Gasteiger partial charge >= 0.3 is 0 Å². The smallest absolute Gasteiger partial charge is 0.256 e. The molecule has 2 heterocycles. The van der Waals surface area contributed by atoms with Gasteiger partial charge in [-0.3, -0.25) is 9.89 Å². The molecule has 0 aliphatic carbocycles. The van der Waals surface area contributed by atoms with Crippen LogP contribution in [0.25, 0.3) is 11.0 Å². The molecule has 0 spiro atoms. The maximum absolute atomic E-state index is 12.2. The van der Waals surface area contributed by atoms with Gasteiger partial charge in [0.1, 0.15) is 5.75 Å². The van der Waals surface area contributed by atoms with E-state index in [9.17, 15) is 4.79 Å². The molecule has 3 aromatic rings. The van der Waals surface area contributed by atoms with E-state index in [4.69, 9.17) is 4.74 Å². The predicted octanol–water partition coefficient (Wildman–Crippen LogP) is 2.53. The van der Waals surface area contributed by atoms with Crippen molar-refractivity contribution in [1.82, 2.24) is 15.2 Å². The van der Waals surface area contributed by atoms with E-state index in [1.165, 1.54) is 0 Å². The fourth-order valence-corrected chi connectivity index (χ4v) is 2.02. The number of fused-ring (bicyclic) bond motifs is 1. The first kappa shape index (κ1) is 13.1. The Balaban J connectivity index is 1.85. The van der Waals surface area contributed by atoms with Gasteiger partial charge in [0.2, 0.25) is 0 Å². The lowest BCUT2D eigenvalue weighted by Crippen LogP contribution is -2.12. The number of aromatic nitrogens is 3. The molecule has 2 N–H and O–H groups in total. The van der Waals surface area contributed by atoms with Crippen molar-refractivity contribution in [1.29, 1.82) is 0 Å². The molecule has 0 saturated heterocycles. The number of methoxy groups -OCH3 is 1. The number of carbonyl (C=O) groups is 1. The molecule has 2 aromatic heterocycles. The SMILES string of the molecule is COc1ccc(C(=O)Nc2n[nH]c3nc(C)ccc23)cc1. The summed E-state index contributed by atoms with van der Waals surface area (Å²) in [5.74, 6) is 0.946. The van der Waals surface area contributed by atoms with E-state index in [-0.39, 0.29) is 5.91 Å². The minimum Gasteiger partial charge on any atom is -0.497 e. The Labute approximate surface area is 121 Å². The van der Waals surface area contributed by atoms with Crippen molar-refractivity contribution in [2.24, 2.45) is 0 Å². The van der Waals surface area contributed by atoms with Crippen LogP contribution in [0.2, 0.25) is 0 Å². The summed E-state index contributed by atoms with van der Waals surface area (Å²) in [4.78, 5) is 16.5. The number of carbonyl (C=O) groups excluding carboxylic acids is 1. The summed E-state index contributed by atoms with van der Waals surface area (Å²) < 4.78 is 5.07. The normalized spacial score (nSPS) is 10.6. The lowest BCUT2D eigenvalue weighted by Gasteiger charge is -2.04. The Hall–Kier alpha value is -2.89. The van der Waals surface area contributed by atoms with Crippen molar-refractivity contribution >= 4 is 22.8 Å². The first-order valence-electron chi connectivity index (χ1n) is 6.44. The largest absolute Gasteiger partial charge is 0.497 e. The summed E-state index contributed by atoms with van der Waals surface area (Å²) in [6.07, 6.45) is 0. The molecule has 0 fully saturated rings. The van der Waals surface area contributed by atoms with E-state index in [1.54, 1.807) is 31.4 Å². The van der Waals surface area contributed by atoms with Gasteiger partial charge in [-0.25, -0.2) is 4.98 Å². The van der Waals surface area contributed by atoms with Crippen LogP contribution in [0.15, 0.2) is 36.4 Å². The molecule has 0 aliphatic heterocycles. The van der Waals surface area contributed by atoms with E-state index in [0.29, 0.717) is 22.8 Å². The molecule has 0 radical (unpaired) electrons. The summed E-state index contributed by atoms with van der Waals surface area (Å²) in [7, 11) is 1.58. The molecule has 6 nitrogen and oxygen atoms in total. The number of benzene rings is 1. The van der Waals surface area contributed by atoms with Crippen molar-refractivity contribution < 1.29 is 9.53 Å². The highest BCUT2D eigenvalue weighted by Crippen LogP contribution is 2.20. The number of anilines is 1. The van der Waals surface area contributed by atoms with Crippen LogP contribution in [0.1, 0.15) is 16.1 Å². The van der Waals surface area contributed by atoms with Gasteiger partial charge in [-0.2, -0.15) is 5.10 Å². The number of aryl methyl sites for hydroxylation is 1. The maximum Gasteiger partial charge on any atom is 0.256 e. The topological polar surface area (TPSA) is 79.9 Å². The Kier molecular flexibility index (Phi) is 3.27. The monoisotopic (exact) mass is 282 g/mol. The van der Waals surface area contributed by atoms with Crippen molar-refractivity contribution in [2.75, 3.05) is 12.4 Å². The summed E-state index contributed by atoms with van der Waals surface area (Å²) >= 11 is 0. The molecule has 1 aromatic carbocycles. The molecule has 3 rings (SSSR count). The number of hydrogen-bond acceptors (Lipinski definition) is 4. The van der Waals surface area contributed by atoms with Crippen LogP contribution in [0.3, 0.4) is 0 Å². The van der Waals surface area contributed by atoms with E-state index >= 15 is 0 Å². The van der Waals surface area contributed by atoms with E-state index in [2.05, 4.69) is 20.5 Å². The van der Waals surface area contributed by atoms with Gasteiger partial charge < -0.3 is 10.1 Å². The zero-order valence-electron chi connectivity index (χ0n) is 11.7. The molecule has 106 valence electrons. The lowest BCUT2D eigenvalue weighted by molar-refractivity contribution is 0.102. The molecule has 0 aliphatic rings. The van der Waals surface area contributed by atoms with Crippen molar-refractivity contribution in [2.45, 2.75) is 6.92 Å². The second kappa shape index (κ2) is 5.24. The summed E-state index contributed by atoms with van der Waals surface area (Å²) in [5.41, 5.74) is 2.08. The van der Waals surface area contributed by atoms with E-state index < -0.39 is 0 Å². The highest BCUT2D eigenvalue weighted by molar-refractivity contribution is 6.07. The van der Waals surface area contributed by atoms with Crippen LogP contribution in [-0.4, -0.2) is 28.2 Å². The van der Waals surface area contributed by atoms with E-state index in [0.717, 1.165) is 11.1 Å². The van der Waals surface area contributed by atoms with Crippen molar-refractivity contribution in [3.05, 3.63) is 47.7 Å². The molecule has 6 heteroatoms. The van der Waals surface area contributed by atoms with Gasteiger partial charge in [0.05, 0.1) is 12.5 Å². The molecule has 21 heavy (non-hydrogen) atoms. The molecule has 1 amide bonds. The van der Waals surface area contributed by atoms with Gasteiger partial charge in [0.15, 0.2) is 11.5 Å². The minimum absolute atomic E-state index is 0.230. The van der Waals surface area contributed by atoms with Crippen LogP contribution >= 0.6 is 0 Å². The number of nitrogens with zero attached hydrogens (tertiary/aromatic N) is 2. The third-order valence-corrected chi connectivity index (χ3v) is 3.15. The number of ether oxygens (including phenoxy) is 1. The lowest BCUT2D eigenvalue weighted by atomic mass is 10.2. The molecule has 0 bridgehead atoms. The number of hydrogen-bond donors (Lipinski definition) is 2. The summed E-state index contributed by atoms with van der Waals surface area (Å²) in [5, 5.41) is 10.5. The molecular weight excluding hydrogens is 268 g/mol. The fraction of sp³-hybridized carbons (Fsp3) is 0.133. The summed E-state index contributed by atoms with van der Waals surface area (Å²) in [6, 6.07) is 10.6. The fourth-order valence-electron chi connectivity index (χ4n) is 2.02. The van der Waals surface area contributed by atoms with Crippen LogP contribution in [-0.2, 0) is 0 Å². The number of rotatable bonds is 3. The summed E-state index contributed by atoms with van der Waals surface area (Å²) in [6.45, 7) is 1.90. The third-order valence-electron chi connectivity index (χ3n) is 3.15. The van der Waals surface area contributed by atoms with Crippen molar-refractivity contribution in [3.8, 4) is 5.75 Å². The minimum atomic E-state index is -0.230. The van der Waals surface area contributed by atoms with Gasteiger partial charge in [0, 0.05) is 11.3 Å². The highest BCUT2D eigenvalue weighted by atomic mass is 16.5. The number of aromatic amines is 1. The maximum atomic E-state index is 12.2. The third kappa shape index (κ3) is 2.55.